The normalized spacial score (nSPS) is 10.8. The number of benzene rings is 2. The highest BCUT2D eigenvalue weighted by Gasteiger charge is 2.22. The number of hydrogen-bond donors (Lipinski definition) is 1. The Bertz CT molecular complexity index is 933. The van der Waals surface area contributed by atoms with Gasteiger partial charge in [-0.05, 0) is 38.5 Å². The van der Waals surface area contributed by atoms with Crippen LogP contribution < -0.4 is 9.47 Å². The number of fused-ring (bicyclic) bond motifs is 1. The molecule has 1 N–H and O–H groups in total. The molecule has 0 aliphatic rings. The maximum atomic E-state index is 11.4. The minimum Gasteiger partial charge on any atom is -0.493 e. The Morgan fingerprint density at radius 3 is 2.52 bits per heavy atom. The maximum Gasteiger partial charge on any atom is 0.311 e. The number of nitrogens with zero attached hydrogens (tertiary/aromatic N) is 2. The third-order valence-corrected chi connectivity index (χ3v) is 3.75. The van der Waals surface area contributed by atoms with E-state index in [1.165, 1.54) is 6.07 Å². The first-order valence-corrected chi connectivity index (χ1v) is 8.08. The number of aromatic amines is 1. The van der Waals surface area contributed by atoms with E-state index in [-0.39, 0.29) is 11.4 Å². The number of rotatable bonds is 6. The molecule has 7 heteroatoms. The van der Waals surface area contributed by atoms with Crippen molar-refractivity contribution in [3.05, 3.63) is 46.0 Å². The summed E-state index contributed by atoms with van der Waals surface area (Å²) in [5.74, 6) is 1.20. The van der Waals surface area contributed by atoms with Gasteiger partial charge in [-0.2, -0.15) is 0 Å². The summed E-state index contributed by atoms with van der Waals surface area (Å²) in [6, 6.07) is 8.86. The lowest BCUT2D eigenvalue weighted by Gasteiger charge is -2.11. The van der Waals surface area contributed by atoms with Gasteiger partial charge >= 0.3 is 5.69 Å². The summed E-state index contributed by atoms with van der Waals surface area (Å²) in [5, 5.41) is 11.4. The van der Waals surface area contributed by atoms with Gasteiger partial charge in [0.2, 0.25) is 5.75 Å². The zero-order valence-electron chi connectivity index (χ0n) is 14.3. The van der Waals surface area contributed by atoms with Crippen LogP contribution in [0.5, 0.6) is 11.5 Å². The van der Waals surface area contributed by atoms with Gasteiger partial charge in [-0.1, -0.05) is 6.07 Å². The molecule has 0 fully saturated rings. The molecule has 0 unspecified atom stereocenters. The van der Waals surface area contributed by atoms with Gasteiger partial charge in [0.25, 0.3) is 0 Å². The number of aromatic nitrogens is 2. The summed E-state index contributed by atoms with van der Waals surface area (Å²) < 4.78 is 11.1. The van der Waals surface area contributed by atoms with Crippen molar-refractivity contribution in [2.75, 3.05) is 13.2 Å². The van der Waals surface area contributed by atoms with Gasteiger partial charge in [0, 0.05) is 12.1 Å². The molecule has 0 bridgehead atoms. The fourth-order valence-corrected chi connectivity index (χ4v) is 2.67. The number of aryl methyl sites for hydroxylation is 1. The van der Waals surface area contributed by atoms with Crippen molar-refractivity contribution in [3.8, 4) is 22.9 Å². The standard InChI is InChI=1S/C18H19N3O4/c1-4-24-16-10-17(25-5-2)15(21(22)23)9-12(16)18-19-13-7-6-11(3)8-14(13)20-18/h6-10H,4-5H2,1-3H3,(H,19,20). The second kappa shape index (κ2) is 6.80. The topological polar surface area (TPSA) is 90.3 Å². The van der Waals surface area contributed by atoms with E-state index in [2.05, 4.69) is 9.97 Å². The summed E-state index contributed by atoms with van der Waals surface area (Å²) >= 11 is 0. The number of imidazole rings is 1. The first-order valence-electron chi connectivity index (χ1n) is 8.08. The van der Waals surface area contributed by atoms with E-state index in [0.717, 1.165) is 16.6 Å². The lowest BCUT2D eigenvalue weighted by atomic mass is 10.1. The van der Waals surface area contributed by atoms with Gasteiger partial charge in [0.05, 0.1) is 34.7 Å². The molecule has 0 saturated carbocycles. The quantitative estimate of drug-likeness (QED) is 0.535. The monoisotopic (exact) mass is 341 g/mol. The second-order valence-electron chi connectivity index (χ2n) is 5.55. The molecule has 0 aliphatic heterocycles. The lowest BCUT2D eigenvalue weighted by Crippen LogP contribution is -2.01. The molecule has 0 amide bonds. The predicted molar refractivity (Wildman–Crippen MR) is 95.3 cm³/mol. The molecular formula is C18H19N3O4. The van der Waals surface area contributed by atoms with Gasteiger partial charge in [-0.3, -0.25) is 10.1 Å². The van der Waals surface area contributed by atoms with E-state index in [1.807, 2.05) is 32.0 Å². The lowest BCUT2D eigenvalue weighted by molar-refractivity contribution is -0.385. The molecular weight excluding hydrogens is 322 g/mol. The minimum atomic E-state index is -0.461. The number of hydrogen-bond acceptors (Lipinski definition) is 5. The smallest absolute Gasteiger partial charge is 0.311 e. The Labute approximate surface area is 144 Å². The maximum absolute atomic E-state index is 11.4. The Balaban J connectivity index is 2.20. The molecule has 3 rings (SSSR count). The zero-order valence-corrected chi connectivity index (χ0v) is 14.3. The predicted octanol–water partition coefficient (Wildman–Crippen LogP) is 4.24. The third-order valence-electron chi connectivity index (χ3n) is 3.75. The molecule has 0 atom stereocenters. The highest BCUT2D eigenvalue weighted by Crippen LogP contribution is 2.39. The Morgan fingerprint density at radius 1 is 1.12 bits per heavy atom. The fraction of sp³-hybridized carbons (Fsp3) is 0.278. The van der Waals surface area contributed by atoms with Crippen LogP contribution in [0.1, 0.15) is 19.4 Å². The van der Waals surface area contributed by atoms with Crippen LogP contribution in [0.4, 0.5) is 5.69 Å². The molecule has 1 aromatic heterocycles. The van der Waals surface area contributed by atoms with Crippen molar-refractivity contribution in [3.63, 3.8) is 0 Å². The van der Waals surface area contributed by atoms with Crippen molar-refractivity contribution in [2.45, 2.75) is 20.8 Å². The van der Waals surface area contributed by atoms with Crippen LogP contribution in [0.3, 0.4) is 0 Å². The molecule has 3 aromatic rings. The van der Waals surface area contributed by atoms with Gasteiger partial charge in [0.1, 0.15) is 11.6 Å². The van der Waals surface area contributed by atoms with Crippen LogP contribution in [-0.2, 0) is 0 Å². The first kappa shape index (κ1) is 16.8. The van der Waals surface area contributed by atoms with Gasteiger partial charge in [-0.15, -0.1) is 0 Å². The first-order chi connectivity index (χ1) is 12.0. The zero-order chi connectivity index (χ0) is 18.0. The Hall–Kier alpha value is -3.09. The SMILES string of the molecule is CCOc1cc(OCC)c([N+](=O)[O-])cc1-c1nc2ccc(C)cc2[nH]1. The molecule has 0 saturated heterocycles. The van der Waals surface area contributed by atoms with Crippen LogP contribution in [0.25, 0.3) is 22.4 Å². The van der Waals surface area contributed by atoms with E-state index in [1.54, 1.807) is 13.0 Å². The van der Waals surface area contributed by atoms with Crippen molar-refractivity contribution < 1.29 is 14.4 Å². The summed E-state index contributed by atoms with van der Waals surface area (Å²) in [6.07, 6.45) is 0. The van der Waals surface area contributed by atoms with Gasteiger partial charge in [-0.25, -0.2) is 4.98 Å². The Morgan fingerprint density at radius 2 is 1.84 bits per heavy atom. The summed E-state index contributed by atoms with van der Waals surface area (Å²) in [4.78, 5) is 18.7. The molecule has 0 aliphatic carbocycles. The molecule has 1 heterocycles. The van der Waals surface area contributed by atoms with Crippen molar-refractivity contribution >= 4 is 16.7 Å². The van der Waals surface area contributed by atoms with Crippen LogP contribution in [0, 0.1) is 17.0 Å². The average Bonchev–Trinajstić information content (AvgIpc) is 2.98. The number of nitrogens with one attached hydrogen (secondary N) is 1. The van der Waals surface area contributed by atoms with Crippen molar-refractivity contribution in [1.82, 2.24) is 9.97 Å². The van der Waals surface area contributed by atoms with Crippen LogP contribution in [-0.4, -0.2) is 28.1 Å². The summed E-state index contributed by atoms with van der Waals surface area (Å²) in [5.41, 5.74) is 3.18. The molecule has 0 spiro atoms. The van der Waals surface area contributed by atoms with Crippen LogP contribution in [0.2, 0.25) is 0 Å². The number of nitro benzene ring substituents is 1. The molecule has 0 radical (unpaired) electrons. The van der Waals surface area contributed by atoms with E-state index < -0.39 is 4.92 Å². The third kappa shape index (κ3) is 3.26. The van der Waals surface area contributed by atoms with E-state index >= 15 is 0 Å². The van der Waals surface area contributed by atoms with Crippen LogP contribution >= 0.6 is 0 Å². The van der Waals surface area contributed by atoms with E-state index in [4.69, 9.17) is 9.47 Å². The van der Waals surface area contributed by atoms with Gasteiger partial charge in [0.15, 0.2) is 0 Å². The number of nitro groups is 1. The molecule has 7 nitrogen and oxygen atoms in total. The molecule has 2 aromatic carbocycles. The number of H-pyrrole nitrogens is 1. The van der Waals surface area contributed by atoms with Crippen LogP contribution in [0.15, 0.2) is 30.3 Å². The summed E-state index contributed by atoms with van der Waals surface area (Å²) in [6.45, 7) is 6.38. The highest BCUT2D eigenvalue weighted by atomic mass is 16.6. The van der Waals surface area contributed by atoms with Crippen molar-refractivity contribution in [2.24, 2.45) is 0 Å². The second-order valence-corrected chi connectivity index (χ2v) is 5.55. The van der Waals surface area contributed by atoms with E-state index in [9.17, 15) is 10.1 Å². The van der Waals surface area contributed by atoms with Gasteiger partial charge < -0.3 is 14.5 Å². The van der Waals surface area contributed by atoms with Crippen molar-refractivity contribution in [1.29, 1.82) is 0 Å². The summed E-state index contributed by atoms with van der Waals surface area (Å²) in [7, 11) is 0. The highest BCUT2D eigenvalue weighted by molar-refractivity contribution is 5.82. The Kier molecular flexibility index (Phi) is 4.56. The number of ether oxygens (including phenoxy) is 2. The van der Waals surface area contributed by atoms with E-state index in [0.29, 0.717) is 30.4 Å². The average molecular weight is 341 g/mol. The molecule has 130 valence electrons. The minimum absolute atomic E-state index is 0.114. The fourth-order valence-electron chi connectivity index (χ4n) is 2.67. The largest absolute Gasteiger partial charge is 0.493 e. The molecule has 25 heavy (non-hydrogen) atoms.